The molecular formula is C16H15Cl3F3N5O2. The number of hydrogen-bond acceptors (Lipinski definition) is 4. The molecule has 0 spiro atoms. The molecule has 0 saturated carbocycles. The molecule has 0 bridgehead atoms. The van der Waals surface area contributed by atoms with Crippen molar-refractivity contribution in [2.45, 2.75) is 24.7 Å². The summed E-state index contributed by atoms with van der Waals surface area (Å²) in [5.74, 6) is -3.26. The number of imidazole rings is 1. The summed E-state index contributed by atoms with van der Waals surface area (Å²) in [5.41, 5.74) is -3.30. The third kappa shape index (κ3) is 3.31. The first-order valence-corrected chi connectivity index (χ1v) is 9.19. The topological polar surface area (TPSA) is 88.1 Å². The number of amides is 2. The highest BCUT2D eigenvalue weighted by Crippen LogP contribution is 2.45. The van der Waals surface area contributed by atoms with Gasteiger partial charge in [0.15, 0.2) is 0 Å². The van der Waals surface area contributed by atoms with E-state index in [4.69, 9.17) is 23.2 Å². The van der Waals surface area contributed by atoms with Crippen LogP contribution in [0.3, 0.4) is 0 Å². The first-order valence-electron chi connectivity index (χ1n) is 8.44. The number of nitrogens with one attached hydrogen (secondary N) is 3. The number of hydrogen-bond donors (Lipinski definition) is 3. The van der Waals surface area contributed by atoms with Gasteiger partial charge in [-0.3, -0.25) is 19.5 Å². The van der Waals surface area contributed by atoms with Crippen molar-refractivity contribution < 1.29 is 22.8 Å². The van der Waals surface area contributed by atoms with Gasteiger partial charge in [-0.25, -0.2) is 4.98 Å². The van der Waals surface area contributed by atoms with E-state index in [-0.39, 0.29) is 39.4 Å². The van der Waals surface area contributed by atoms with Crippen molar-refractivity contribution in [1.82, 2.24) is 20.2 Å². The number of carbonyl (C=O) groups is 2. The van der Waals surface area contributed by atoms with Crippen LogP contribution in [0.4, 0.5) is 19.1 Å². The molecule has 2 amide bonds. The second-order valence-electron chi connectivity index (χ2n) is 6.70. The smallest absolute Gasteiger partial charge is 0.317 e. The van der Waals surface area contributed by atoms with Crippen LogP contribution in [0.15, 0.2) is 12.1 Å². The monoisotopic (exact) mass is 471 g/mol. The van der Waals surface area contributed by atoms with Gasteiger partial charge in [-0.05, 0) is 38.1 Å². The fourth-order valence-electron chi connectivity index (χ4n) is 3.59. The summed E-state index contributed by atoms with van der Waals surface area (Å²) in [4.78, 5) is 29.1. The first kappa shape index (κ1) is 21.9. The van der Waals surface area contributed by atoms with Crippen molar-refractivity contribution in [2.75, 3.05) is 18.4 Å². The first-order chi connectivity index (χ1) is 13.1. The summed E-state index contributed by atoms with van der Waals surface area (Å²) in [6.45, 7) is 1.02. The number of halogens is 6. The SMILES string of the molecule is Cl.O=C(NC1(C(F)(F)F)C(=O)Nc2nc3cc(Cl)c(Cl)cc3n21)C1CCNCC1. The van der Waals surface area contributed by atoms with Crippen LogP contribution >= 0.6 is 35.6 Å². The van der Waals surface area contributed by atoms with Crippen LogP contribution in [0, 0.1) is 5.92 Å². The molecule has 0 radical (unpaired) electrons. The summed E-state index contributed by atoms with van der Waals surface area (Å²) >= 11 is 11.9. The van der Waals surface area contributed by atoms with Crippen molar-refractivity contribution in [3.8, 4) is 0 Å². The molecule has 0 aliphatic carbocycles. The maximum atomic E-state index is 14.3. The molecular weight excluding hydrogens is 458 g/mol. The number of anilines is 1. The molecule has 4 rings (SSSR count). The van der Waals surface area contributed by atoms with Crippen LogP contribution in [-0.2, 0) is 15.3 Å². The van der Waals surface area contributed by atoms with Gasteiger partial charge < -0.3 is 10.6 Å². The highest BCUT2D eigenvalue weighted by atomic mass is 35.5. The molecule has 3 N–H and O–H groups in total. The van der Waals surface area contributed by atoms with Gasteiger partial charge in [0.1, 0.15) is 0 Å². The number of piperidine rings is 1. The zero-order valence-electron chi connectivity index (χ0n) is 14.6. The van der Waals surface area contributed by atoms with Gasteiger partial charge in [-0.1, -0.05) is 23.2 Å². The summed E-state index contributed by atoms with van der Waals surface area (Å²) in [5, 5.41) is 7.21. The molecule has 2 aliphatic heterocycles. The van der Waals surface area contributed by atoms with Crippen LogP contribution in [0.25, 0.3) is 11.0 Å². The number of fused-ring (bicyclic) bond motifs is 3. The number of rotatable bonds is 2. The van der Waals surface area contributed by atoms with Gasteiger partial charge in [0.25, 0.3) is 11.6 Å². The zero-order chi connectivity index (χ0) is 20.3. The van der Waals surface area contributed by atoms with Crippen LogP contribution in [0.2, 0.25) is 10.0 Å². The minimum absolute atomic E-state index is 0. The maximum absolute atomic E-state index is 14.3. The fourth-order valence-corrected chi connectivity index (χ4v) is 3.91. The van der Waals surface area contributed by atoms with Crippen LogP contribution in [-0.4, -0.2) is 40.6 Å². The molecule has 1 aromatic heterocycles. The van der Waals surface area contributed by atoms with Crippen molar-refractivity contribution in [3.05, 3.63) is 22.2 Å². The zero-order valence-corrected chi connectivity index (χ0v) is 16.9. The Labute approximate surface area is 178 Å². The lowest BCUT2D eigenvalue weighted by Gasteiger charge is -2.34. The Morgan fingerprint density at radius 3 is 2.48 bits per heavy atom. The lowest BCUT2D eigenvalue weighted by Crippen LogP contribution is -2.64. The molecule has 2 aromatic rings. The molecule has 2 aliphatic rings. The van der Waals surface area contributed by atoms with E-state index >= 15 is 0 Å². The Morgan fingerprint density at radius 1 is 1.24 bits per heavy atom. The van der Waals surface area contributed by atoms with Gasteiger partial charge >= 0.3 is 6.18 Å². The largest absolute Gasteiger partial charge is 0.440 e. The Bertz CT molecular complexity index is 990. The van der Waals surface area contributed by atoms with Crippen LogP contribution < -0.4 is 16.0 Å². The summed E-state index contributed by atoms with van der Waals surface area (Å²) < 4.78 is 43.4. The van der Waals surface area contributed by atoms with E-state index in [9.17, 15) is 22.8 Å². The Kier molecular flexibility index (Phi) is 5.67. The quantitative estimate of drug-likeness (QED) is 0.627. The molecule has 158 valence electrons. The number of aromatic nitrogens is 2. The van der Waals surface area contributed by atoms with E-state index in [0.29, 0.717) is 30.5 Å². The van der Waals surface area contributed by atoms with Crippen molar-refractivity contribution in [2.24, 2.45) is 5.92 Å². The average molecular weight is 473 g/mol. The average Bonchev–Trinajstić information content (AvgIpc) is 3.10. The van der Waals surface area contributed by atoms with E-state index in [1.54, 1.807) is 0 Å². The highest BCUT2D eigenvalue weighted by Gasteiger charge is 2.68. The minimum Gasteiger partial charge on any atom is -0.317 e. The van der Waals surface area contributed by atoms with Gasteiger partial charge in [0.2, 0.25) is 11.9 Å². The molecule has 1 fully saturated rings. The van der Waals surface area contributed by atoms with Gasteiger partial charge in [-0.15, -0.1) is 12.4 Å². The summed E-state index contributed by atoms with van der Waals surface area (Å²) in [6, 6.07) is 2.49. The summed E-state index contributed by atoms with van der Waals surface area (Å²) in [6.07, 6.45) is -4.38. The van der Waals surface area contributed by atoms with Gasteiger partial charge in [0, 0.05) is 5.92 Å². The normalized spacial score (nSPS) is 22.2. The van der Waals surface area contributed by atoms with E-state index < -0.39 is 29.6 Å². The van der Waals surface area contributed by atoms with E-state index in [1.165, 1.54) is 12.1 Å². The number of alkyl halides is 3. The van der Waals surface area contributed by atoms with Crippen molar-refractivity contribution in [3.63, 3.8) is 0 Å². The molecule has 7 nitrogen and oxygen atoms in total. The molecule has 13 heteroatoms. The fraction of sp³-hybridized carbons (Fsp3) is 0.438. The lowest BCUT2D eigenvalue weighted by molar-refractivity contribution is -0.218. The summed E-state index contributed by atoms with van der Waals surface area (Å²) in [7, 11) is 0. The van der Waals surface area contributed by atoms with Crippen LogP contribution in [0.1, 0.15) is 12.8 Å². The van der Waals surface area contributed by atoms with E-state index in [1.807, 2.05) is 5.32 Å². The number of benzene rings is 1. The Morgan fingerprint density at radius 2 is 1.86 bits per heavy atom. The van der Waals surface area contributed by atoms with Crippen LogP contribution in [0.5, 0.6) is 0 Å². The Balaban J connectivity index is 0.00000240. The second-order valence-corrected chi connectivity index (χ2v) is 7.52. The minimum atomic E-state index is -5.13. The second kappa shape index (κ2) is 7.50. The predicted molar refractivity (Wildman–Crippen MR) is 103 cm³/mol. The third-order valence-corrected chi connectivity index (χ3v) is 5.73. The lowest BCUT2D eigenvalue weighted by atomic mass is 9.96. The molecule has 1 unspecified atom stereocenters. The molecule has 1 saturated heterocycles. The van der Waals surface area contributed by atoms with E-state index in [2.05, 4.69) is 15.6 Å². The Hall–Kier alpha value is -1.75. The molecule has 1 atom stereocenters. The van der Waals surface area contributed by atoms with Crippen molar-refractivity contribution in [1.29, 1.82) is 0 Å². The van der Waals surface area contributed by atoms with E-state index in [0.717, 1.165) is 0 Å². The van der Waals surface area contributed by atoms with Crippen molar-refractivity contribution >= 4 is 64.4 Å². The predicted octanol–water partition coefficient (Wildman–Crippen LogP) is 3.05. The standard InChI is InChI=1S/C16H14Cl2F3N5O2.ClH/c17-8-5-10-11(6-9(8)18)26-14(23-10)24-13(28)15(26,16(19,20)21)25-12(27)7-1-3-22-4-2-7;/h5-7,22H,1-4H2,(H,25,27)(H,23,24,28);1H. The molecule has 1 aromatic carbocycles. The highest BCUT2D eigenvalue weighted by molar-refractivity contribution is 6.42. The third-order valence-electron chi connectivity index (χ3n) is 5.01. The number of carbonyl (C=O) groups excluding carboxylic acids is 2. The maximum Gasteiger partial charge on any atom is 0.440 e. The number of nitrogens with zero attached hydrogens (tertiary/aromatic N) is 2. The molecule has 3 heterocycles. The van der Waals surface area contributed by atoms with Gasteiger partial charge in [-0.2, -0.15) is 13.2 Å². The molecule has 29 heavy (non-hydrogen) atoms. The van der Waals surface area contributed by atoms with Gasteiger partial charge in [0.05, 0.1) is 21.1 Å².